The van der Waals surface area contributed by atoms with Gasteiger partial charge in [-0.1, -0.05) is 13.8 Å². The minimum absolute atomic E-state index is 0.436. The summed E-state index contributed by atoms with van der Waals surface area (Å²) in [5.74, 6) is 3.09. The number of ether oxygens (including phenoxy) is 2. The molecule has 1 fully saturated rings. The predicted octanol–water partition coefficient (Wildman–Crippen LogP) is 0.942. The van der Waals surface area contributed by atoms with E-state index in [1.54, 1.807) is 0 Å². The summed E-state index contributed by atoms with van der Waals surface area (Å²) in [5, 5.41) is 15.3. The lowest BCUT2D eigenvalue weighted by atomic mass is 10.0. The van der Waals surface area contributed by atoms with E-state index in [0.29, 0.717) is 18.5 Å². The van der Waals surface area contributed by atoms with Crippen molar-refractivity contribution in [1.29, 1.82) is 0 Å². The van der Waals surface area contributed by atoms with Crippen molar-refractivity contribution in [3.63, 3.8) is 0 Å². The number of aliphatic imine (C=N–C) groups is 1. The van der Waals surface area contributed by atoms with Crippen molar-refractivity contribution in [1.82, 2.24) is 30.3 Å². The highest BCUT2D eigenvalue weighted by Gasteiger charge is 2.24. The average Bonchev–Trinajstić information content (AvgIpc) is 3.04. The Hall–Kier alpha value is -1.71. The first-order chi connectivity index (χ1) is 14.0. The van der Waals surface area contributed by atoms with Crippen molar-refractivity contribution in [2.75, 3.05) is 52.6 Å². The Morgan fingerprint density at radius 3 is 2.62 bits per heavy atom. The van der Waals surface area contributed by atoms with E-state index in [2.05, 4.69) is 39.6 Å². The molecule has 2 heterocycles. The average molecular weight is 410 g/mol. The third-order valence-electron chi connectivity index (χ3n) is 5.29. The van der Waals surface area contributed by atoms with E-state index < -0.39 is 0 Å². The van der Waals surface area contributed by atoms with Gasteiger partial charge in [0.1, 0.15) is 12.4 Å². The van der Waals surface area contributed by atoms with E-state index in [0.717, 1.165) is 76.6 Å². The van der Waals surface area contributed by atoms with Crippen LogP contribution in [0.25, 0.3) is 0 Å². The molecule has 9 heteroatoms. The lowest BCUT2D eigenvalue weighted by Gasteiger charge is -2.37. The van der Waals surface area contributed by atoms with Gasteiger partial charge in [-0.25, -0.2) is 4.99 Å². The van der Waals surface area contributed by atoms with Crippen LogP contribution in [0, 0.1) is 12.8 Å². The molecule has 0 amide bonds. The summed E-state index contributed by atoms with van der Waals surface area (Å²) in [6, 6.07) is 0.436. The topological polar surface area (TPSA) is 88.8 Å². The minimum atomic E-state index is 0.436. The zero-order valence-electron chi connectivity index (χ0n) is 18.8. The summed E-state index contributed by atoms with van der Waals surface area (Å²) in [6.45, 7) is 15.7. The van der Waals surface area contributed by atoms with Crippen molar-refractivity contribution in [3.8, 4) is 0 Å². The Bertz CT molecular complexity index is 612. The van der Waals surface area contributed by atoms with Gasteiger partial charge in [-0.15, -0.1) is 10.2 Å². The second-order valence-corrected chi connectivity index (χ2v) is 7.71. The molecule has 29 heavy (non-hydrogen) atoms. The molecule has 0 bridgehead atoms. The maximum Gasteiger partial charge on any atom is 0.191 e. The van der Waals surface area contributed by atoms with Crippen molar-refractivity contribution in [2.45, 2.75) is 46.7 Å². The summed E-state index contributed by atoms with van der Waals surface area (Å²) in [6.07, 6.45) is 0.939. The zero-order chi connectivity index (χ0) is 21.1. The van der Waals surface area contributed by atoms with Crippen molar-refractivity contribution in [2.24, 2.45) is 18.0 Å². The van der Waals surface area contributed by atoms with Gasteiger partial charge >= 0.3 is 0 Å². The molecule has 1 saturated heterocycles. The number of rotatable bonds is 11. The van der Waals surface area contributed by atoms with Gasteiger partial charge < -0.3 is 24.7 Å². The molecule has 2 rings (SSSR count). The molecule has 0 spiro atoms. The quantitative estimate of drug-likeness (QED) is 0.319. The molecule has 1 aliphatic heterocycles. The van der Waals surface area contributed by atoms with Crippen LogP contribution in [0.15, 0.2) is 4.99 Å². The van der Waals surface area contributed by atoms with Crippen LogP contribution in [-0.4, -0.2) is 84.3 Å². The van der Waals surface area contributed by atoms with Gasteiger partial charge in [0, 0.05) is 52.5 Å². The minimum Gasteiger partial charge on any atom is -0.382 e. The van der Waals surface area contributed by atoms with Crippen LogP contribution in [0.1, 0.15) is 38.8 Å². The van der Waals surface area contributed by atoms with Crippen LogP contribution in [0.5, 0.6) is 0 Å². The molecule has 1 aromatic heterocycles. The van der Waals surface area contributed by atoms with Crippen molar-refractivity contribution >= 4 is 5.96 Å². The number of aryl methyl sites for hydroxylation is 1. The SMILES string of the molecule is CCOCCCNC(=NCc1nnc(C)n1C)NCC(C(C)C)N1CCOCC1. The molecule has 0 saturated carbocycles. The maximum atomic E-state index is 5.52. The standard InChI is InChI=1S/C20H39N7O2/c1-6-28-11-7-8-21-20(23-15-19-25-24-17(4)26(19)5)22-14-18(16(2)3)27-9-12-29-13-10-27/h16,18H,6-15H2,1-5H3,(H2,21,22,23). The van der Waals surface area contributed by atoms with Gasteiger partial charge in [-0.3, -0.25) is 4.90 Å². The summed E-state index contributed by atoms with van der Waals surface area (Å²) < 4.78 is 12.9. The molecule has 1 aromatic rings. The van der Waals surface area contributed by atoms with Crippen molar-refractivity contribution < 1.29 is 9.47 Å². The molecule has 1 aliphatic rings. The second-order valence-electron chi connectivity index (χ2n) is 7.71. The van der Waals surface area contributed by atoms with Gasteiger partial charge in [0.05, 0.1) is 13.2 Å². The van der Waals surface area contributed by atoms with E-state index >= 15 is 0 Å². The van der Waals surface area contributed by atoms with Gasteiger partial charge in [0.25, 0.3) is 0 Å². The van der Waals surface area contributed by atoms with E-state index in [1.165, 1.54) is 0 Å². The second kappa shape index (κ2) is 12.8. The number of hydrogen-bond acceptors (Lipinski definition) is 6. The van der Waals surface area contributed by atoms with E-state index in [4.69, 9.17) is 14.5 Å². The highest BCUT2D eigenvalue weighted by atomic mass is 16.5. The molecular formula is C20H39N7O2. The maximum absolute atomic E-state index is 5.52. The first kappa shape index (κ1) is 23.6. The molecular weight excluding hydrogens is 370 g/mol. The third kappa shape index (κ3) is 7.91. The third-order valence-corrected chi connectivity index (χ3v) is 5.29. The Balaban J connectivity index is 1.96. The van der Waals surface area contributed by atoms with Crippen LogP contribution in [0.2, 0.25) is 0 Å². The first-order valence-corrected chi connectivity index (χ1v) is 10.8. The number of nitrogens with one attached hydrogen (secondary N) is 2. The first-order valence-electron chi connectivity index (χ1n) is 10.8. The molecule has 166 valence electrons. The Morgan fingerprint density at radius 1 is 1.24 bits per heavy atom. The van der Waals surface area contributed by atoms with E-state index in [-0.39, 0.29) is 0 Å². The molecule has 2 N–H and O–H groups in total. The van der Waals surface area contributed by atoms with Crippen LogP contribution in [0.3, 0.4) is 0 Å². The lowest BCUT2D eigenvalue weighted by Crippen LogP contribution is -2.52. The molecule has 9 nitrogen and oxygen atoms in total. The number of aromatic nitrogens is 3. The molecule has 0 aromatic carbocycles. The van der Waals surface area contributed by atoms with E-state index in [1.807, 2.05) is 25.5 Å². The van der Waals surface area contributed by atoms with Crippen LogP contribution < -0.4 is 10.6 Å². The fraction of sp³-hybridized carbons (Fsp3) is 0.850. The monoisotopic (exact) mass is 409 g/mol. The number of nitrogens with zero attached hydrogens (tertiary/aromatic N) is 5. The number of hydrogen-bond donors (Lipinski definition) is 2. The van der Waals surface area contributed by atoms with Gasteiger partial charge in [0.15, 0.2) is 11.8 Å². The van der Waals surface area contributed by atoms with Crippen LogP contribution in [0.4, 0.5) is 0 Å². The molecule has 1 unspecified atom stereocenters. The smallest absolute Gasteiger partial charge is 0.191 e. The highest BCUT2D eigenvalue weighted by molar-refractivity contribution is 5.79. The Labute approximate surface area is 175 Å². The molecule has 0 radical (unpaired) electrons. The van der Waals surface area contributed by atoms with Gasteiger partial charge in [-0.05, 0) is 26.2 Å². The molecule has 0 aliphatic carbocycles. The zero-order valence-corrected chi connectivity index (χ0v) is 18.8. The Kier molecular flexibility index (Phi) is 10.4. The fourth-order valence-electron chi connectivity index (χ4n) is 3.33. The van der Waals surface area contributed by atoms with E-state index in [9.17, 15) is 0 Å². The normalized spacial score (nSPS) is 17.0. The predicted molar refractivity (Wildman–Crippen MR) is 115 cm³/mol. The fourth-order valence-corrected chi connectivity index (χ4v) is 3.33. The lowest BCUT2D eigenvalue weighted by molar-refractivity contribution is 0.00752. The number of guanidine groups is 1. The summed E-state index contributed by atoms with van der Waals surface area (Å²) >= 11 is 0. The number of morpholine rings is 1. The largest absolute Gasteiger partial charge is 0.382 e. The molecule has 1 atom stereocenters. The van der Waals surface area contributed by atoms with Crippen LogP contribution >= 0.6 is 0 Å². The Morgan fingerprint density at radius 2 is 2.00 bits per heavy atom. The van der Waals surface area contributed by atoms with Gasteiger partial charge in [-0.2, -0.15) is 0 Å². The summed E-state index contributed by atoms with van der Waals surface area (Å²) in [5.41, 5.74) is 0. The van der Waals surface area contributed by atoms with Gasteiger partial charge in [0.2, 0.25) is 0 Å². The summed E-state index contributed by atoms with van der Waals surface area (Å²) in [4.78, 5) is 7.26. The highest BCUT2D eigenvalue weighted by Crippen LogP contribution is 2.12. The summed E-state index contributed by atoms with van der Waals surface area (Å²) in [7, 11) is 1.97. The van der Waals surface area contributed by atoms with Crippen LogP contribution in [-0.2, 0) is 23.1 Å². The van der Waals surface area contributed by atoms with Crippen molar-refractivity contribution in [3.05, 3.63) is 11.6 Å².